The molecule has 0 spiro atoms. The van der Waals surface area contributed by atoms with Crippen LogP contribution in [0, 0.1) is 0 Å². The smallest absolute Gasteiger partial charge is 0.270 e. The van der Waals surface area contributed by atoms with Crippen LogP contribution in [0.5, 0.6) is 0 Å². The normalized spacial score (nSPS) is 15.3. The molecule has 1 amide bonds. The zero-order valence-corrected chi connectivity index (χ0v) is 15.9. The van der Waals surface area contributed by atoms with E-state index in [1.807, 2.05) is 6.07 Å². The van der Waals surface area contributed by atoms with Crippen LogP contribution in [0.3, 0.4) is 0 Å². The van der Waals surface area contributed by atoms with Crippen molar-refractivity contribution in [3.05, 3.63) is 57.3 Å². The lowest BCUT2D eigenvalue weighted by molar-refractivity contribution is -0.000493. The third kappa shape index (κ3) is 4.47. The van der Waals surface area contributed by atoms with Crippen LogP contribution >= 0.6 is 23.2 Å². The lowest BCUT2D eigenvalue weighted by Gasteiger charge is -2.31. The molecule has 1 aliphatic heterocycles. The topological polar surface area (TPSA) is 62.4 Å². The largest absolute Gasteiger partial charge is 0.373 e. The molecule has 1 saturated heterocycles. The minimum absolute atomic E-state index is 0.0605. The van der Waals surface area contributed by atoms with Gasteiger partial charge >= 0.3 is 0 Å². The molecule has 5 nitrogen and oxygen atoms in total. The van der Waals surface area contributed by atoms with Gasteiger partial charge in [-0.05, 0) is 43.5 Å². The van der Waals surface area contributed by atoms with Crippen LogP contribution in [0.4, 0.5) is 0 Å². The van der Waals surface area contributed by atoms with Crippen LogP contribution in [0.25, 0.3) is 0 Å². The van der Waals surface area contributed by atoms with Crippen LogP contribution in [-0.4, -0.2) is 40.8 Å². The monoisotopic (exact) mass is 394 g/mol. The summed E-state index contributed by atoms with van der Waals surface area (Å²) in [4.78, 5) is 28.5. The number of benzene rings is 1. The number of nitrogens with one attached hydrogen (secondary N) is 1. The van der Waals surface area contributed by atoms with Crippen molar-refractivity contribution in [3.63, 3.8) is 0 Å². The van der Waals surface area contributed by atoms with E-state index in [-0.39, 0.29) is 17.8 Å². The predicted molar refractivity (Wildman–Crippen MR) is 101 cm³/mol. The van der Waals surface area contributed by atoms with Crippen molar-refractivity contribution < 1.29 is 14.3 Å². The van der Waals surface area contributed by atoms with Gasteiger partial charge in [0.1, 0.15) is 5.69 Å². The highest BCUT2D eigenvalue weighted by Crippen LogP contribution is 2.24. The standard InChI is InChI=1S/C19H20Cl2N2O3/c1-12(24)14-9-18(22-10-14)19(25)23-6-4-15(5-7-23)26-11-13-2-3-16(20)17(21)8-13/h2-3,8-10,15,22H,4-7,11H2,1H3. The lowest BCUT2D eigenvalue weighted by Crippen LogP contribution is -2.41. The molecule has 138 valence electrons. The molecule has 1 aromatic carbocycles. The molecule has 3 rings (SSSR count). The van der Waals surface area contributed by atoms with Crippen LogP contribution in [-0.2, 0) is 11.3 Å². The number of hydrogen-bond acceptors (Lipinski definition) is 3. The maximum Gasteiger partial charge on any atom is 0.270 e. The summed E-state index contributed by atoms with van der Waals surface area (Å²) in [6, 6.07) is 7.07. The number of nitrogens with zero attached hydrogens (tertiary/aromatic N) is 1. The molecular weight excluding hydrogens is 375 g/mol. The molecule has 2 heterocycles. The first-order valence-electron chi connectivity index (χ1n) is 8.48. The van der Waals surface area contributed by atoms with Gasteiger partial charge in [-0.3, -0.25) is 9.59 Å². The number of piperidine rings is 1. The number of Topliss-reactive ketones (excluding diaryl/α,β-unsaturated/α-hetero) is 1. The summed E-state index contributed by atoms with van der Waals surface area (Å²) in [6.07, 6.45) is 3.22. The van der Waals surface area contributed by atoms with Gasteiger partial charge in [-0.1, -0.05) is 29.3 Å². The Kier molecular flexibility index (Phi) is 6.01. The maximum atomic E-state index is 12.5. The Balaban J connectivity index is 1.49. The first-order chi connectivity index (χ1) is 12.4. The number of aromatic amines is 1. The summed E-state index contributed by atoms with van der Waals surface area (Å²) in [7, 11) is 0. The number of hydrogen-bond donors (Lipinski definition) is 1. The van der Waals surface area contributed by atoms with Gasteiger partial charge in [-0.15, -0.1) is 0 Å². The first-order valence-corrected chi connectivity index (χ1v) is 9.24. The fourth-order valence-corrected chi connectivity index (χ4v) is 3.28. The predicted octanol–water partition coefficient (Wildman–Crippen LogP) is 4.35. The second kappa shape index (κ2) is 8.25. The SMILES string of the molecule is CC(=O)c1c[nH]c(C(=O)N2CCC(OCc3ccc(Cl)c(Cl)c3)CC2)c1. The molecule has 7 heteroatoms. The number of carbonyl (C=O) groups is 2. The average molecular weight is 395 g/mol. The van der Waals surface area contributed by atoms with Gasteiger partial charge in [0, 0.05) is 24.8 Å². The Morgan fingerprint density at radius 1 is 1.19 bits per heavy atom. The van der Waals surface area contributed by atoms with Crippen molar-refractivity contribution in [2.75, 3.05) is 13.1 Å². The highest BCUT2D eigenvalue weighted by atomic mass is 35.5. The first kappa shape index (κ1) is 19.0. The van der Waals surface area contributed by atoms with E-state index < -0.39 is 0 Å². The fourth-order valence-electron chi connectivity index (χ4n) is 2.96. The molecule has 1 fully saturated rings. The molecule has 1 N–H and O–H groups in total. The minimum Gasteiger partial charge on any atom is -0.373 e. The summed E-state index contributed by atoms with van der Waals surface area (Å²) < 4.78 is 5.94. The van der Waals surface area contributed by atoms with E-state index >= 15 is 0 Å². The second-order valence-corrected chi connectivity index (χ2v) is 7.22. The Morgan fingerprint density at radius 3 is 2.54 bits per heavy atom. The zero-order valence-electron chi connectivity index (χ0n) is 14.4. The third-order valence-electron chi connectivity index (χ3n) is 4.52. The molecule has 0 saturated carbocycles. The quantitative estimate of drug-likeness (QED) is 0.766. The van der Waals surface area contributed by atoms with Crippen LogP contribution in [0.2, 0.25) is 10.0 Å². The number of aromatic nitrogens is 1. The van der Waals surface area contributed by atoms with Gasteiger partial charge in [0.15, 0.2) is 5.78 Å². The number of rotatable bonds is 5. The molecule has 0 atom stereocenters. The number of halogens is 2. The van der Waals surface area contributed by atoms with Crippen molar-refractivity contribution in [2.24, 2.45) is 0 Å². The molecule has 1 aromatic heterocycles. The average Bonchev–Trinajstić information content (AvgIpc) is 3.13. The Bertz CT molecular complexity index is 811. The maximum absolute atomic E-state index is 12.5. The summed E-state index contributed by atoms with van der Waals surface area (Å²) in [5.74, 6) is -0.143. The molecule has 2 aromatic rings. The number of ether oxygens (including phenoxy) is 1. The molecule has 0 bridgehead atoms. The summed E-state index contributed by atoms with van der Waals surface area (Å²) in [5, 5.41) is 1.04. The van der Waals surface area contributed by atoms with Gasteiger partial charge in [0.25, 0.3) is 5.91 Å². The minimum atomic E-state index is -0.0829. The van der Waals surface area contributed by atoms with Crippen molar-refractivity contribution in [1.29, 1.82) is 0 Å². The number of amides is 1. The molecule has 0 aliphatic carbocycles. The Labute approximate surface area is 162 Å². The fraction of sp³-hybridized carbons (Fsp3) is 0.368. The Hall–Kier alpha value is -1.82. The van der Waals surface area contributed by atoms with Crippen molar-refractivity contribution in [3.8, 4) is 0 Å². The van der Waals surface area contributed by atoms with Gasteiger partial charge in [-0.25, -0.2) is 0 Å². The van der Waals surface area contributed by atoms with Crippen molar-refractivity contribution in [1.82, 2.24) is 9.88 Å². The van der Waals surface area contributed by atoms with Gasteiger partial charge < -0.3 is 14.6 Å². The van der Waals surface area contributed by atoms with E-state index in [0.717, 1.165) is 18.4 Å². The highest BCUT2D eigenvalue weighted by molar-refractivity contribution is 6.42. The highest BCUT2D eigenvalue weighted by Gasteiger charge is 2.25. The van der Waals surface area contributed by atoms with Gasteiger partial charge in [0.05, 0.1) is 22.8 Å². The number of carbonyl (C=O) groups excluding carboxylic acids is 2. The number of ketones is 1. The van der Waals surface area contributed by atoms with Crippen molar-refractivity contribution in [2.45, 2.75) is 32.5 Å². The van der Waals surface area contributed by atoms with E-state index in [2.05, 4.69) is 4.98 Å². The van der Waals surface area contributed by atoms with E-state index in [1.165, 1.54) is 6.92 Å². The summed E-state index contributed by atoms with van der Waals surface area (Å²) >= 11 is 11.9. The number of H-pyrrole nitrogens is 1. The molecular formula is C19H20Cl2N2O3. The number of likely N-dealkylation sites (tertiary alicyclic amines) is 1. The van der Waals surface area contributed by atoms with Crippen LogP contribution in [0.15, 0.2) is 30.5 Å². The van der Waals surface area contributed by atoms with E-state index in [0.29, 0.717) is 41.0 Å². The summed E-state index contributed by atoms with van der Waals surface area (Å²) in [5.41, 5.74) is 1.94. The molecule has 0 radical (unpaired) electrons. The van der Waals surface area contributed by atoms with Crippen LogP contribution in [0.1, 0.15) is 46.2 Å². The van der Waals surface area contributed by atoms with E-state index in [1.54, 1.807) is 29.3 Å². The third-order valence-corrected chi connectivity index (χ3v) is 5.26. The lowest BCUT2D eigenvalue weighted by atomic mass is 10.1. The van der Waals surface area contributed by atoms with Gasteiger partial charge in [0.2, 0.25) is 0 Å². The zero-order chi connectivity index (χ0) is 18.7. The molecule has 0 unspecified atom stereocenters. The summed E-state index contributed by atoms with van der Waals surface area (Å²) in [6.45, 7) is 3.20. The van der Waals surface area contributed by atoms with E-state index in [9.17, 15) is 9.59 Å². The Morgan fingerprint density at radius 2 is 1.92 bits per heavy atom. The van der Waals surface area contributed by atoms with Crippen molar-refractivity contribution >= 4 is 34.9 Å². The second-order valence-electron chi connectivity index (χ2n) is 6.41. The van der Waals surface area contributed by atoms with E-state index in [4.69, 9.17) is 27.9 Å². The van der Waals surface area contributed by atoms with Crippen LogP contribution < -0.4 is 0 Å². The molecule has 1 aliphatic rings. The molecule has 26 heavy (non-hydrogen) atoms. The van der Waals surface area contributed by atoms with Gasteiger partial charge in [-0.2, -0.15) is 0 Å².